The SMILES string of the molecule is COC(=O)c1cc(=Nc2c(C)n(C)n(-c3ccccc3)c2=O)c2ccccc2o1. The maximum atomic E-state index is 13.2. The molecule has 7 heteroatoms. The molecule has 0 atom stereocenters. The Hall–Kier alpha value is -3.87. The molecule has 0 aliphatic rings. The zero-order chi connectivity index (χ0) is 20.5. The van der Waals surface area contributed by atoms with Crippen molar-refractivity contribution in [1.82, 2.24) is 9.36 Å². The molecule has 0 bridgehead atoms. The molecule has 2 heterocycles. The Balaban J connectivity index is 2.02. The van der Waals surface area contributed by atoms with Crippen LogP contribution in [0.5, 0.6) is 0 Å². The Morgan fingerprint density at radius 2 is 1.76 bits per heavy atom. The number of hydrogen-bond donors (Lipinski definition) is 0. The smallest absolute Gasteiger partial charge is 0.374 e. The van der Waals surface area contributed by atoms with E-state index in [1.807, 2.05) is 49.4 Å². The summed E-state index contributed by atoms with van der Waals surface area (Å²) in [4.78, 5) is 29.8. The highest BCUT2D eigenvalue weighted by Gasteiger charge is 2.17. The Morgan fingerprint density at radius 3 is 2.48 bits per heavy atom. The van der Waals surface area contributed by atoms with E-state index in [4.69, 9.17) is 9.15 Å². The number of rotatable bonds is 3. The molecule has 0 radical (unpaired) electrons. The van der Waals surface area contributed by atoms with Crippen LogP contribution >= 0.6 is 0 Å². The van der Waals surface area contributed by atoms with Gasteiger partial charge < -0.3 is 9.15 Å². The first-order chi connectivity index (χ1) is 14.0. The summed E-state index contributed by atoms with van der Waals surface area (Å²) in [5.74, 6) is -0.597. The predicted molar refractivity (Wildman–Crippen MR) is 109 cm³/mol. The number of fused-ring (bicyclic) bond motifs is 1. The molecular formula is C22H19N3O4. The molecule has 0 amide bonds. The molecule has 146 valence electrons. The van der Waals surface area contributed by atoms with Gasteiger partial charge in [0.05, 0.1) is 23.8 Å². The fourth-order valence-electron chi connectivity index (χ4n) is 3.21. The van der Waals surface area contributed by atoms with E-state index in [-0.39, 0.29) is 11.3 Å². The molecule has 2 aromatic heterocycles. The lowest BCUT2D eigenvalue weighted by atomic mass is 10.2. The zero-order valence-corrected chi connectivity index (χ0v) is 16.2. The maximum absolute atomic E-state index is 13.2. The van der Waals surface area contributed by atoms with Gasteiger partial charge in [0.15, 0.2) is 5.69 Å². The first-order valence-electron chi connectivity index (χ1n) is 9.01. The van der Waals surface area contributed by atoms with Gasteiger partial charge in [-0.2, -0.15) is 0 Å². The standard InChI is InChI=1S/C22H19N3O4/c1-14-20(21(26)25(24(14)2)15-9-5-4-6-10-15)23-17-13-19(22(27)28-3)29-18-12-8-7-11-16(17)18/h4-13H,1-3H3. The summed E-state index contributed by atoms with van der Waals surface area (Å²) in [5.41, 5.74) is 1.96. The van der Waals surface area contributed by atoms with Gasteiger partial charge in [-0.25, -0.2) is 14.5 Å². The summed E-state index contributed by atoms with van der Waals surface area (Å²) in [6, 6.07) is 18.0. The maximum Gasteiger partial charge on any atom is 0.374 e. The van der Waals surface area contributed by atoms with E-state index in [1.54, 1.807) is 28.5 Å². The van der Waals surface area contributed by atoms with Crippen molar-refractivity contribution < 1.29 is 13.9 Å². The third-order valence-electron chi connectivity index (χ3n) is 4.79. The molecule has 2 aromatic carbocycles. The molecule has 0 fully saturated rings. The molecule has 0 aliphatic heterocycles. The zero-order valence-electron chi connectivity index (χ0n) is 16.2. The molecule has 4 rings (SSSR count). The van der Waals surface area contributed by atoms with E-state index in [0.717, 1.165) is 5.69 Å². The van der Waals surface area contributed by atoms with E-state index in [1.165, 1.54) is 13.2 Å². The van der Waals surface area contributed by atoms with Crippen LogP contribution in [0.25, 0.3) is 16.7 Å². The van der Waals surface area contributed by atoms with Crippen molar-refractivity contribution in [3.8, 4) is 5.69 Å². The lowest BCUT2D eigenvalue weighted by Crippen LogP contribution is -2.19. The van der Waals surface area contributed by atoms with Gasteiger partial charge in [0.25, 0.3) is 5.56 Å². The lowest BCUT2D eigenvalue weighted by Gasteiger charge is -2.07. The summed E-state index contributed by atoms with van der Waals surface area (Å²) in [6.45, 7) is 1.83. The first kappa shape index (κ1) is 18.5. The molecule has 29 heavy (non-hydrogen) atoms. The molecule has 7 nitrogen and oxygen atoms in total. The molecule has 4 aromatic rings. The number of ether oxygens (including phenoxy) is 1. The second-order valence-electron chi connectivity index (χ2n) is 6.51. The van der Waals surface area contributed by atoms with Gasteiger partial charge in [0.1, 0.15) is 5.58 Å². The van der Waals surface area contributed by atoms with Crippen LogP contribution < -0.4 is 10.9 Å². The Bertz CT molecular complexity index is 1340. The highest BCUT2D eigenvalue weighted by molar-refractivity contribution is 5.88. The number of hydrogen-bond acceptors (Lipinski definition) is 5. The van der Waals surface area contributed by atoms with Crippen molar-refractivity contribution >= 4 is 22.6 Å². The molecule has 0 unspecified atom stereocenters. The Kier molecular flexibility index (Phi) is 4.64. The summed E-state index contributed by atoms with van der Waals surface area (Å²) in [5, 5.41) is 1.15. The monoisotopic (exact) mass is 389 g/mol. The molecular weight excluding hydrogens is 370 g/mol. The highest BCUT2D eigenvalue weighted by atomic mass is 16.5. The number of carbonyl (C=O) groups is 1. The van der Waals surface area contributed by atoms with Crippen molar-refractivity contribution in [2.24, 2.45) is 12.0 Å². The van der Waals surface area contributed by atoms with Crippen molar-refractivity contribution in [3.63, 3.8) is 0 Å². The normalized spacial score (nSPS) is 11.8. The van der Waals surface area contributed by atoms with Gasteiger partial charge in [-0.15, -0.1) is 0 Å². The van der Waals surface area contributed by atoms with Crippen LogP contribution in [-0.4, -0.2) is 22.4 Å². The number of para-hydroxylation sites is 2. The number of aromatic nitrogens is 2. The average Bonchev–Trinajstić information content (AvgIpc) is 2.96. The van der Waals surface area contributed by atoms with Crippen LogP contribution in [0.3, 0.4) is 0 Å². The fraction of sp³-hybridized carbons (Fsp3) is 0.136. The number of esters is 1. The second-order valence-corrected chi connectivity index (χ2v) is 6.51. The minimum Gasteiger partial charge on any atom is -0.463 e. The lowest BCUT2D eigenvalue weighted by molar-refractivity contribution is 0.0565. The molecule has 0 saturated carbocycles. The van der Waals surface area contributed by atoms with Crippen molar-refractivity contribution in [1.29, 1.82) is 0 Å². The molecule has 0 saturated heterocycles. The summed E-state index contributed by atoms with van der Waals surface area (Å²) in [6.07, 6.45) is 0. The van der Waals surface area contributed by atoms with Gasteiger partial charge >= 0.3 is 5.97 Å². The van der Waals surface area contributed by atoms with Crippen molar-refractivity contribution in [3.05, 3.63) is 87.8 Å². The van der Waals surface area contributed by atoms with E-state index in [2.05, 4.69) is 4.99 Å². The third-order valence-corrected chi connectivity index (χ3v) is 4.79. The van der Waals surface area contributed by atoms with Crippen LogP contribution in [0, 0.1) is 6.92 Å². The number of benzene rings is 2. The Morgan fingerprint density at radius 1 is 1.07 bits per heavy atom. The van der Waals surface area contributed by atoms with E-state index >= 15 is 0 Å². The minimum atomic E-state index is -0.612. The predicted octanol–water partition coefficient (Wildman–Crippen LogP) is 3.25. The quantitative estimate of drug-likeness (QED) is 0.504. The van der Waals surface area contributed by atoms with Gasteiger partial charge in [-0.3, -0.25) is 9.48 Å². The summed E-state index contributed by atoms with van der Waals surface area (Å²) in [7, 11) is 3.09. The van der Waals surface area contributed by atoms with E-state index < -0.39 is 5.97 Å². The first-order valence-corrected chi connectivity index (χ1v) is 9.01. The molecule has 0 aliphatic carbocycles. The number of carbonyl (C=O) groups excluding carboxylic acids is 1. The van der Waals surface area contributed by atoms with E-state index in [9.17, 15) is 9.59 Å². The third kappa shape index (κ3) is 3.16. The minimum absolute atomic E-state index is 0.0157. The van der Waals surface area contributed by atoms with Gasteiger partial charge in [-0.1, -0.05) is 30.3 Å². The number of methoxy groups -OCH3 is 1. The van der Waals surface area contributed by atoms with Gasteiger partial charge in [0.2, 0.25) is 5.76 Å². The summed E-state index contributed by atoms with van der Waals surface area (Å²) >= 11 is 0. The fourth-order valence-corrected chi connectivity index (χ4v) is 3.21. The highest BCUT2D eigenvalue weighted by Crippen LogP contribution is 2.18. The Labute approximate surface area is 166 Å². The average molecular weight is 389 g/mol. The van der Waals surface area contributed by atoms with Crippen molar-refractivity contribution in [2.75, 3.05) is 7.11 Å². The van der Waals surface area contributed by atoms with Crippen LogP contribution in [0.2, 0.25) is 0 Å². The van der Waals surface area contributed by atoms with Crippen LogP contribution in [0.15, 0.2) is 74.9 Å². The number of nitrogens with zero attached hydrogens (tertiary/aromatic N) is 3. The molecule has 0 N–H and O–H groups in total. The van der Waals surface area contributed by atoms with Gasteiger partial charge in [-0.05, 0) is 31.2 Å². The second kappa shape index (κ2) is 7.27. The van der Waals surface area contributed by atoms with Crippen molar-refractivity contribution in [2.45, 2.75) is 6.92 Å². The van der Waals surface area contributed by atoms with Crippen LogP contribution in [0.4, 0.5) is 5.69 Å². The topological polar surface area (TPSA) is 78.7 Å². The largest absolute Gasteiger partial charge is 0.463 e. The molecule has 0 spiro atoms. The van der Waals surface area contributed by atoms with Crippen LogP contribution in [0.1, 0.15) is 16.2 Å². The van der Waals surface area contributed by atoms with E-state index in [0.29, 0.717) is 27.7 Å². The van der Waals surface area contributed by atoms with Crippen LogP contribution in [-0.2, 0) is 11.8 Å². The summed E-state index contributed by atoms with van der Waals surface area (Å²) < 4.78 is 13.7. The van der Waals surface area contributed by atoms with Gasteiger partial charge in [0, 0.05) is 18.5 Å².